The lowest BCUT2D eigenvalue weighted by Gasteiger charge is -1.76. The summed E-state index contributed by atoms with van der Waals surface area (Å²) in [6.45, 7) is 0. The van der Waals surface area contributed by atoms with Crippen molar-refractivity contribution in [3.63, 3.8) is 0 Å². The summed E-state index contributed by atoms with van der Waals surface area (Å²) in [6.07, 6.45) is 2.63. The lowest BCUT2D eigenvalue weighted by molar-refractivity contribution is 0.657. The maximum Gasteiger partial charge on any atom is 0.191 e. The van der Waals surface area contributed by atoms with E-state index < -0.39 is 16.0 Å². The minimum Gasteiger partial charge on any atom is -0.247 e. The molecule has 1 nitrogen and oxygen atoms in total. The minimum atomic E-state index is -1.45. The van der Waals surface area contributed by atoms with Crippen molar-refractivity contribution >= 4 is 10.8 Å². The standard InChI is InChI=1S/C4H3FOS/c5-4-2-1-3-7(4)6/h1-3H. The van der Waals surface area contributed by atoms with Crippen LogP contribution >= 0.6 is 0 Å². The second kappa shape index (κ2) is 1.58. The van der Waals surface area contributed by atoms with Crippen LogP contribution in [0.5, 0.6) is 0 Å². The van der Waals surface area contributed by atoms with Gasteiger partial charge in [0.1, 0.15) is 10.8 Å². The average Bonchev–Trinajstić information content (AvgIpc) is 1.91. The molecule has 0 saturated heterocycles. The van der Waals surface area contributed by atoms with Crippen LogP contribution in [-0.4, -0.2) is 4.21 Å². The fourth-order valence-corrected chi connectivity index (χ4v) is 0.882. The summed E-state index contributed by atoms with van der Waals surface area (Å²) >= 11 is 0. The summed E-state index contributed by atoms with van der Waals surface area (Å²) in [6, 6.07) is 0. The molecule has 0 bridgehead atoms. The smallest absolute Gasteiger partial charge is 0.191 e. The lowest BCUT2D eigenvalue weighted by Crippen LogP contribution is -1.74. The van der Waals surface area contributed by atoms with Crippen LogP contribution in [0.4, 0.5) is 4.39 Å². The largest absolute Gasteiger partial charge is 0.247 e. The second-order valence-corrected chi connectivity index (χ2v) is 2.35. The SMILES string of the molecule is O=S1C=CC=C1F. The van der Waals surface area contributed by atoms with Crippen molar-refractivity contribution < 1.29 is 8.60 Å². The van der Waals surface area contributed by atoms with E-state index in [1.807, 2.05) is 0 Å². The predicted octanol–water partition coefficient (Wildman–Crippen LogP) is 1.07. The number of rotatable bonds is 0. The highest BCUT2D eigenvalue weighted by Gasteiger charge is 2.03. The summed E-state index contributed by atoms with van der Waals surface area (Å²) in [4.78, 5) is 0. The van der Waals surface area contributed by atoms with Crippen LogP contribution in [0.15, 0.2) is 22.7 Å². The first kappa shape index (κ1) is 4.71. The first-order chi connectivity index (χ1) is 3.30. The molecule has 1 rings (SSSR count). The maximum atomic E-state index is 11.8. The summed E-state index contributed by atoms with van der Waals surface area (Å²) < 4.78 is 22.0. The van der Waals surface area contributed by atoms with E-state index in [-0.39, 0.29) is 0 Å². The van der Waals surface area contributed by atoms with Crippen LogP contribution in [-0.2, 0) is 10.8 Å². The molecule has 1 heterocycles. The normalized spacial score (nSPS) is 28.1. The van der Waals surface area contributed by atoms with Crippen LogP contribution in [0.3, 0.4) is 0 Å². The molecule has 1 aliphatic rings. The van der Waals surface area contributed by atoms with Gasteiger partial charge in [-0.3, -0.25) is 0 Å². The molecule has 0 radical (unpaired) electrons. The van der Waals surface area contributed by atoms with E-state index in [9.17, 15) is 8.60 Å². The molecule has 0 saturated carbocycles. The van der Waals surface area contributed by atoms with Crippen LogP contribution in [0.25, 0.3) is 0 Å². The monoisotopic (exact) mass is 118 g/mol. The van der Waals surface area contributed by atoms with E-state index in [1.165, 1.54) is 17.6 Å². The van der Waals surface area contributed by atoms with E-state index in [1.54, 1.807) is 0 Å². The van der Waals surface area contributed by atoms with E-state index in [0.29, 0.717) is 0 Å². The van der Waals surface area contributed by atoms with Gasteiger partial charge in [-0.25, -0.2) is 4.21 Å². The van der Waals surface area contributed by atoms with Crippen molar-refractivity contribution in [2.24, 2.45) is 0 Å². The molecule has 1 aliphatic heterocycles. The topological polar surface area (TPSA) is 17.1 Å². The minimum absolute atomic E-state index is 0.556. The number of hydrogen-bond acceptors (Lipinski definition) is 1. The van der Waals surface area contributed by atoms with E-state index in [2.05, 4.69) is 0 Å². The van der Waals surface area contributed by atoms with Crippen molar-refractivity contribution in [3.8, 4) is 0 Å². The molecular weight excluding hydrogens is 115 g/mol. The molecule has 0 fully saturated rings. The highest BCUT2D eigenvalue weighted by Crippen LogP contribution is 2.10. The molecule has 0 spiro atoms. The molecule has 1 atom stereocenters. The number of allylic oxidation sites excluding steroid dienone is 2. The molecule has 3 heteroatoms. The van der Waals surface area contributed by atoms with Gasteiger partial charge in [-0.15, -0.1) is 0 Å². The summed E-state index contributed by atoms with van der Waals surface area (Å²) in [5.41, 5.74) is 0. The van der Waals surface area contributed by atoms with E-state index in [4.69, 9.17) is 0 Å². The van der Waals surface area contributed by atoms with Gasteiger partial charge >= 0.3 is 0 Å². The molecule has 0 aromatic carbocycles. The van der Waals surface area contributed by atoms with Crippen molar-refractivity contribution in [2.45, 2.75) is 0 Å². The Hall–Kier alpha value is -0.440. The van der Waals surface area contributed by atoms with Gasteiger partial charge in [0.2, 0.25) is 0 Å². The Bertz CT molecular complexity index is 159. The third-order valence-electron chi connectivity index (χ3n) is 0.622. The molecule has 0 N–H and O–H groups in total. The molecule has 0 aromatic heterocycles. The van der Waals surface area contributed by atoms with Gasteiger partial charge in [0, 0.05) is 5.41 Å². The quantitative estimate of drug-likeness (QED) is 0.465. The lowest BCUT2D eigenvalue weighted by atomic mass is 10.6. The van der Waals surface area contributed by atoms with E-state index >= 15 is 0 Å². The van der Waals surface area contributed by atoms with Crippen LogP contribution in [0.2, 0.25) is 0 Å². The molecular formula is C4H3FOS. The van der Waals surface area contributed by atoms with Crippen molar-refractivity contribution in [1.82, 2.24) is 0 Å². The van der Waals surface area contributed by atoms with Crippen LogP contribution in [0.1, 0.15) is 0 Å². The zero-order valence-electron chi connectivity index (χ0n) is 3.43. The Morgan fingerprint density at radius 1 is 1.71 bits per heavy atom. The highest BCUT2D eigenvalue weighted by molar-refractivity contribution is 7.91. The Morgan fingerprint density at radius 3 is 2.57 bits per heavy atom. The van der Waals surface area contributed by atoms with Gasteiger partial charge in [-0.2, -0.15) is 4.39 Å². The number of hydrogen-bond donors (Lipinski definition) is 0. The van der Waals surface area contributed by atoms with Crippen LogP contribution < -0.4 is 0 Å². The molecule has 1 unspecified atom stereocenters. The third kappa shape index (κ3) is 0.771. The van der Waals surface area contributed by atoms with Gasteiger partial charge in [0.15, 0.2) is 5.16 Å². The van der Waals surface area contributed by atoms with Gasteiger partial charge in [-0.1, -0.05) is 0 Å². The Balaban J connectivity index is 2.89. The summed E-state index contributed by atoms with van der Waals surface area (Å²) in [5, 5.41) is 0.745. The Labute approximate surface area is 43.0 Å². The summed E-state index contributed by atoms with van der Waals surface area (Å²) in [7, 11) is -1.45. The number of halogens is 1. The fourth-order valence-electron chi connectivity index (χ4n) is 0.318. The Kier molecular flexibility index (Phi) is 1.06. The fraction of sp³-hybridized carbons (Fsp3) is 0. The summed E-state index contributed by atoms with van der Waals surface area (Å²) in [5.74, 6) is 0. The predicted molar refractivity (Wildman–Crippen MR) is 26.5 cm³/mol. The third-order valence-corrected chi connectivity index (χ3v) is 1.55. The van der Waals surface area contributed by atoms with Crippen LogP contribution in [0, 0.1) is 0 Å². The van der Waals surface area contributed by atoms with Crippen molar-refractivity contribution in [2.75, 3.05) is 0 Å². The average molecular weight is 118 g/mol. The molecule has 7 heavy (non-hydrogen) atoms. The highest BCUT2D eigenvalue weighted by atomic mass is 32.2. The van der Waals surface area contributed by atoms with Crippen molar-refractivity contribution in [1.29, 1.82) is 0 Å². The molecule has 0 amide bonds. The molecule has 0 aromatic rings. The van der Waals surface area contributed by atoms with Gasteiger partial charge in [0.25, 0.3) is 0 Å². The second-order valence-electron chi connectivity index (χ2n) is 1.10. The van der Waals surface area contributed by atoms with Gasteiger partial charge in [-0.05, 0) is 12.2 Å². The van der Waals surface area contributed by atoms with Gasteiger partial charge in [0.05, 0.1) is 0 Å². The van der Waals surface area contributed by atoms with Crippen molar-refractivity contribution in [3.05, 3.63) is 22.7 Å². The zero-order valence-corrected chi connectivity index (χ0v) is 4.24. The zero-order chi connectivity index (χ0) is 5.28. The van der Waals surface area contributed by atoms with Gasteiger partial charge < -0.3 is 0 Å². The first-order valence-electron chi connectivity index (χ1n) is 1.75. The Morgan fingerprint density at radius 2 is 2.43 bits per heavy atom. The first-order valence-corrected chi connectivity index (χ1v) is 2.96. The molecule has 38 valence electrons. The molecule has 0 aliphatic carbocycles. The maximum absolute atomic E-state index is 11.8. The van der Waals surface area contributed by atoms with E-state index in [0.717, 1.165) is 0 Å².